The minimum Gasteiger partial charge on any atom is -0.385 e. The average Bonchev–Trinajstić information content (AvgIpc) is 2.51. The Labute approximate surface area is 134 Å². The molecule has 1 aromatic carbocycles. The number of hydrogen-bond acceptors (Lipinski definition) is 2. The van der Waals surface area contributed by atoms with E-state index in [1.54, 1.807) is 7.11 Å². The summed E-state index contributed by atoms with van der Waals surface area (Å²) in [6, 6.07) is 9.02. The summed E-state index contributed by atoms with van der Waals surface area (Å²) in [7, 11) is 1.71. The van der Waals surface area contributed by atoms with Crippen molar-refractivity contribution in [2.75, 3.05) is 20.3 Å². The topological polar surface area (TPSA) is 33.3 Å². The van der Waals surface area contributed by atoms with Gasteiger partial charge in [0.1, 0.15) is 0 Å². The molecule has 2 N–H and O–H groups in total. The summed E-state index contributed by atoms with van der Waals surface area (Å²) in [5.74, 6) is 0.617. The van der Waals surface area contributed by atoms with Crippen molar-refractivity contribution in [1.82, 2.24) is 10.6 Å². The Balaban J connectivity index is 2.44. The summed E-state index contributed by atoms with van der Waals surface area (Å²) in [6.45, 7) is 8.19. The molecule has 0 aliphatic rings. The van der Waals surface area contributed by atoms with Gasteiger partial charge in [-0.3, -0.25) is 0 Å². The van der Waals surface area contributed by atoms with E-state index >= 15 is 0 Å². The molecule has 0 aromatic heterocycles. The highest BCUT2D eigenvalue weighted by Crippen LogP contribution is 2.21. The van der Waals surface area contributed by atoms with E-state index in [0.29, 0.717) is 11.0 Å². The van der Waals surface area contributed by atoms with Crippen LogP contribution in [0.3, 0.4) is 0 Å². The van der Waals surface area contributed by atoms with Crippen LogP contribution in [0.15, 0.2) is 24.3 Å². The number of rotatable bonds is 8. The summed E-state index contributed by atoms with van der Waals surface area (Å²) in [5.41, 5.74) is 2.65. The molecule has 0 aliphatic heterocycles. The molecule has 0 heterocycles. The lowest BCUT2D eigenvalue weighted by atomic mass is 9.96. The van der Waals surface area contributed by atoms with Crippen LogP contribution < -0.4 is 10.6 Å². The van der Waals surface area contributed by atoms with E-state index in [9.17, 15) is 0 Å². The Bertz CT molecular complexity index is 419. The van der Waals surface area contributed by atoms with Crippen LogP contribution in [0.2, 0.25) is 0 Å². The summed E-state index contributed by atoms with van der Waals surface area (Å²) < 4.78 is 5.01. The van der Waals surface area contributed by atoms with Crippen LogP contribution >= 0.6 is 12.2 Å². The lowest BCUT2D eigenvalue weighted by Gasteiger charge is -2.18. The van der Waals surface area contributed by atoms with Gasteiger partial charge in [0.25, 0.3) is 0 Å². The molecule has 2 unspecified atom stereocenters. The molecule has 1 rings (SSSR count). The Morgan fingerprint density at radius 1 is 1.19 bits per heavy atom. The van der Waals surface area contributed by atoms with Gasteiger partial charge in [-0.25, -0.2) is 0 Å². The van der Waals surface area contributed by atoms with Gasteiger partial charge in [0.15, 0.2) is 5.11 Å². The number of methoxy groups -OCH3 is 1. The van der Waals surface area contributed by atoms with Crippen molar-refractivity contribution in [1.29, 1.82) is 0 Å². The van der Waals surface area contributed by atoms with Crippen molar-refractivity contribution >= 4 is 17.3 Å². The molecule has 0 saturated heterocycles. The van der Waals surface area contributed by atoms with E-state index in [-0.39, 0.29) is 6.04 Å². The van der Waals surface area contributed by atoms with Gasteiger partial charge in [0.2, 0.25) is 0 Å². The van der Waals surface area contributed by atoms with Crippen LogP contribution in [0.5, 0.6) is 0 Å². The molecule has 0 bridgehead atoms. The lowest BCUT2D eigenvalue weighted by Crippen LogP contribution is -2.37. The van der Waals surface area contributed by atoms with Crippen molar-refractivity contribution in [2.24, 2.45) is 0 Å². The molecule has 0 spiro atoms. The van der Waals surface area contributed by atoms with Crippen molar-refractivity contribution in [2.45, 2.75) is 45.6 Å². The first-order chi connectivity index (χ1) is 10.1. The molecule has 0 radical (unpaired) electrons. The second-order valence-corrected chi connectivity index (χ2v) is 5.85. The van der Waals surface area contributed by atoms with Gasteiger partial charge >= 0.3 is 0 Å². The minimum absolute atomic E-state index is 0.207. The highest BCUT2D eigenvalue weighted by molar-refractivity contribution is 7.80. The van der Waals surface area contributed by atoms with Crippen molar-refractivity contribution < 1.29 is 4.74 Å². The maximum Gasteiger partial charge on any atom is 0.166 e. The maximum absolute atomic E-state index is 5.30. The first-order valence-electron chi connectivity index (χ1n) is 7.71. The standard InChI is InChI=1S/C17H28N2OS/c1-5-13(2)15-7-9-16(10-8-15)14(3)19-17(21)18-11-6-12-20-4/h7-10,13-14H,5-6,11-12H2,1-4H3,(H2,18,19,21). The normalized spacial score (nSPS) is 13.5. The van der Waals surface area contributed by atoms with Crippen molar-refractivity contribution in [3.63, 3.8) is 0 Å². The highest BCUT2D eigenvalue weighted by Gasteiger charge is 2.08. The molecular weight excluding hydrogens is 280 g/mol. The molecule has 2 atom stereocenters. The van der Waals surface area contributed by atoms with E-state index in [0.717, 1.165) is 19.6 Å². The second-order valence-electron chi connectivity index (χ2n) is 5.44. The summed E-state index contributed by atoms with van der Waals surface area (Å²) in [6.07, 6.45) is 2.12. The van der Waals surface area contributed by atoms with Crippen LogP contribution in [0.25, 0.3) is 0 Å². The average molecular weight is 308 g/mol. The molecule has 3 nitrogen and oxygen atoms in total. The maximum atomic E-state index is 5.30. The van der Waals surface area contributed by atoms with Gasteiger partial charge in [-0.1, -0.05) is 38.1 Å². The molecule has 21 heavy (non-hydrogen) atoms. The van der Waals surface area contributed by atoms with Gasteiger partial charge in [-0.05, 0) is 49.0 Å². The van der Waals surface area contributed by atoms with E-state index in [2.05, 4.69) is 55.7 Å². The first-order valence-corrected chi connectivity index (χ1v) is 8.12. The fourth-order valence-corrected chi connectivity index (χ4v) is 2.38. The van der Waals surface area contributed by atoms with Gasteiger partial charge in [0, 0.05) is 20.3 Å². The third kappa shape index (κ3) is 6.44. The van der Waals surface area contributed by atoms with Gasteiger partial charge in [-0.2, -0.15) is 0 Å². The Kier molecular flexibility index (Phi) is 8.31. The number of thiocarbonyl (C=S) groups is 1. The van der Waals surface area contributed by atoms with Crippen LogP contribution in [0, 0.1) is 0 Å². The molecule has 0 amide bonds. The Hall–Kier alpha value is -1.13. The molecule has 1 aromatic rings. The Morgan fingerprint density at radius 2 is 1.81 bits per heavy atom. The molecule has 4 heteroatoms. The van der Waals surface area contributed by atoms with Gasteiger partial charge in [0.05, 0.1) is 6.04 Å². The second kappa shape index (κ2) is 9.74. The number of hydrogen-bond donors (Lipinski definition) is 2. The number of benzene rings is 1. The predicted molar refractivity (Wildman–Crippen MR) is 93.8 cm³/mol. The number of nitrogens with one attached hydrogen (secondary N) is 2. The molecule has 0 fully saturated rings. The van der Waals surface area contributed by atoms with Gasteiger partial charge in [-0.15, -0.1) is 0 Å². The fraction of sp³-hybridized carbons (Fsp3) is 0.588. The molecule has 0 aliphatic carbocycles. The number of ether oxygens (including phenoxy) is 1. The smallest absolute Gasteiger partial charge is 0.166 e. The zero-order valence-electron chi connectivity index (χ0n) is 13.6. The fourth-order valence-electron chi connectivity index (χ4n) is 2.10. The quantitative estimate of drug-likeness (QED) is 0.566. The summed E-state index contributed by atoms with van der Waals surface area (Å²) in [4.78, 5) is 0. The van der Waals surface area contributed by atoms with E-state index in [4.69, 9.17) is 17.0 Å². The largest absolute Gasteiger partial charge is 0.385 e. The first kappa shape index (κ1) is 17.9. The molecule has 0 saturated carbocycles. The van der Waals surface area contributed by atoms with Gasteiger partial charge < -0.3 is 15.4 Å². The molecular formula is C17H28N2OS. The SMILES string of the molecule is CCC(C)c1ccc(C(C)NC(=S)NCCCOC)cc1. The van der Waals surface area contributed by atoms with Crippen LogP contribution in [0.4, 0.5) is 0 Å². The third-order valence-electron chi connectivity index (χ3n) is 3.78. The van der Waals surface area contributed by atoms with Crippen LogP contribution in [0.1, 0.15) is 56.7 Å². The Morgan fingerprint density at radius 3 is 2.38 bits per heavy atom. The third-order valence-corrected chi connectivity index (χ3v) is 4.04. The van der Waals surface area contributed by atoms with E-state index in [1.807, 2.05) is 0 Å². The monoisotopic (exact) mass is 308 g/mol. The predicted octanol–water partition coefficient (Wildman–Crippen LogP) is 3.76. The van der Waals surface area contributed by atoms with Crippen molar-refractivity contribution in [3.05, 3.63) is 35.4 Å². The zero-order valence-corrected chi connectivity index (χ0v) is 14.4. The van der Waals surface area contributed by atoms with E-state index < -0.39 is 0 Å². The molecule has 118 valence electrons. The highest BCUT2D eigenvalue weighted by atomic mass is 32.1. The van der Waals surface area contributed by atoms with E-state index in [1.165, 1.54) is 17.5 Å². The summed E-state index contributed by atoms with van der Waals surface area (Å²) in [5, 5.41) is 7.21. The lowest BCUT2D eigenvalue weighted by molar-refractivity contribution is 0.195. The van der Waals surface area contributed by atoms with Crippen LogP contribution in [-0.4, -0.2) is 25.4 Å². The minimum atomic E-state index is 0.207. The zero-order chi connectivity index (χ0) is 15.7. The van der Waals surface area contributed by atoms with Crippen LogP contribution in [-0.2, 0) is 4.74 Å². The summed E-state index contributed by atoms with van der Waals surface area (Å²) >= 11 is 5.30. The van der Waals surface area contributed by atoms with Crippen molar-refractivity contribution in [3.8, 4) is 0 Å².